The fourth-order valence-corrected chi connectivity index (χ4v) is 1.97. The Labute approximate surface area is 99.7 Å². The average Bonchev–Trinajstić information content (AvgIpc) is 2.51. The van der Waals surface area contributed by atoms with Gasteiger partial charge in [0.1, 0.15) is 5.82 Å². The minimum absolute atomic E-state index is 0.0155. The summed E-state index contributed by atoms with van der Waals surface area (Å²) >= 11 is 6.30. The number of halogens is 2. The first-order valence-corrected chi connectivity index (χ1v) is 5.45. The van der Waals surface area contributed by atoms with Crippen molar-refractivity contribution in [2.75, 3.05) is 0 Å². The summed E-state index contributed by atoms with van der Waals surface area (Å²) in [4.78, 5) is 22.3. The highest BCUT2D eigenvalue weighted by molar-refractivity contribution is 8.18. The fraction of sp³-hybridized carbons (Fsp3) is 0. The number of thioether (sulfide) groups is 1. The van der Waals surface area contributed by atoms with Gasteiger partial charge in [0.2, 0.25) is 0 Å². The number of amides is 2. The minimum atomic E-state index is -0.564. The van der Waals surface area contributed by atoms with Crippen LogP contribution in [0.3, 0.4) is 0 Å². The third kappa shape index (κ3) is 2.25. The van der Waals surface area contributed by atoms with E-state index in [1.165, 1.54) is 18.2 Å². The second-order valence-corrected chi connectivity index (χ2v) is 4.45. The van der Waals surface area contributed by atoms with Crippen LogP contribution in [0.15, 0.2) is 23.1 Å². The summed E-state index contributed by atoms with van der Waals surface area (Å²) in [6.45, 7) is 0. The summed E-state index contributed by atoms with van der Waals surface area (Å²) in [7, 11) is 0. The molecule has 2 amide bonds. The molecule has 1 fully saturated rings. The van der Waals surface area contributed by atoms with E-state index in [2.05, 4.69) is 5.32 Å². The van der Waals surface area contributed by atoms with E-state index < -0.39 is 17.0 Å². The number of carbonyl (C=O) groups is 2. The van der Waals surface area contributed by atoms with E-state index in [0.717, 1.165) is 11.8 Å². The molecule has 16 heavy (non-hydrogen) atoms. The third-order valence-corrected chi connectivity index (χ3v) is 3.00. The number of hydrogen-bond donors (Lipinski definition) is 1. The Morgan fingerprint density at radius 3 is 2.69 bits per heavy atom. The van der Waals surface area contributed by atoms with Crippen molar-refractivity contribution in [2.24, 2.45) is 0 Å². The zero-order valence-electron chi connectivity index (χ0n) is 7.79. The van der Waals surface area contributed by atoms with Gasteiger partial charge in [0.05, 0.1) is 9.93 Å². The largest absolute Gasteiger partial charge is 0.290 e. The Balaban J connectivity index is 2.32. The molecule has 0 spiro atoms. The van der Waals surface area contributed by atoms with Crippen molar-refractivity contribution in [1.82, 2.24) is 5.32 Å². The molecule has 0 atom stereocenters. The summed E-state index contributed by atoms with van der Waals surface area (Å²) in [5, 5.41) is 1.70. The monoisotopic (exact) mass is 257 g/mol. The van der Waals surface area contributed by atoms with Crippen LogP contribution in [-0.4, -0.2) is 11.1 Å². The number of nitrogens with one attached hydrogen (secondary N) is 1. The Hall–Kier alpha value is -1.33. The van der Waals surface area contributed by atoms with E-state index in [1.807, 2.05) is 0 Å². The van der Waals surface area contributed by atoms with Crippen molar-refractivity contribution in [3.8, 4) is 0 Å². The molecule has 0 bridgehead atoms. The summed E-state index contributed by atoms with van der Waals surface area (Å²) in [6, 6.07) is 4.16. The molecule has 0 radical (unpaired) electrons. The molecule has 0 aromatic heterocycles. The van der Waals surface area contributed by atoms with Crippen LogP contribution in [0, 0.1) is 5.82 Å². The zero-order chi connectivity index (χ0) is 11.7. The van der Waals surface area contributed by atoms with Gasteiger partial charge in [-0.3, -0.25) is 14.9 Å². The number of imide groups is 1. The van der Waals surface area contributed by atoms with E-state index in [4.69, 9.17) is 11.6 Å². The average molecular weight is 258 g/mol. The molecule has 0 unspecified atom stereocenters. The van der Waals surface area contributed by atoms with Crippen molar-refractivity contribution in [3.05, 3.63) is 39.5 Å². The molecule has 1 heterocycles. The van der Waals surface area contributed by atoms with E-state index in [-0.39, 0.29) is 9.93 Å². The lowest BCUT2D eigenvalue weighted by molar-refractivity contribution is -0.115. The second-order valence-electron chi connectivity index (χ2n) is 3.03. The predicted molar refractivity (Wildman–Crippen MR) is 60.5 cm³/mol. The quantitative estimate of drug-likeness (QED) is 0.787. The summed E-state index contributed by atoms with van der Waals surface area (Å²) in [5.74, 6) is -1.03. The Morgan fingerprint density at radius 1 is 1.38 bits per heavy atom. The number of benzene rings is 1. The Morgan fingerprint density at radius 2 is 2.12 bits per heavy atom. The summed E-state index contributed by atoms with van der Waals surface area (Å²) < 4.78 is 13.1. The molecular weight excluding hydrogens is 253 g/mol. The van der Waals surface area contributed by atoms with Crippen LogP contribution in [0.5, 0.6) is 0 Å². The van der Waals surface area contributed by atoms with Crippen LogP contribution in [0.1, 0.15) is 5.56 Å². The Kier molecular flexibility index (Phi) is 2.98. The molecular formula is C10H5ClFNO2S. The highest BCUT2D eigenvalue weighted by Gasteiger charge is 2.24. The van der Waals surface area contributed by atoms with Crippen molar-refractivity contribution in [2.45, 2.75) is 0 Å². The smallest absolute Gasteiger partial charge is 0.282 e. The lowest BCUT2D eigenvalue weighted by Crippen LogP contribution is -2.17. The highest BCUT2D eigenvalue weighted by atomic mass is 35.5. The lowest BCUT2D eigenvalue weighted by atomic mass is 10.2. The van der Waals surface area contributed by atoms with Gasteiger partial charge in [-0.1, -0.05) is 17.7 Å². The lowest BCUT2D eigenvalue weighted by Gasteiger charge is -1.97. The molecule has 3 nitrogen and oxygen atoms in total. The third-order valence-electron chi connectivity index (χ3n) is 1.88. The van der Waals surface area contributed by atoms with Gasteiger partial charge < -0.3 is 0 Å². The first-order valence-electron chi connectivity index (χ1n) is 4.26. The van der Waals surface area contributed by atoms with E-state index in [9.17, 15) is 14.0 Å². The van der Waals surface area contributed by atoms with Crippen LogP contribution >= 0.6 is 23.4 Å². The van der Waals surface area contributed by atoms with Crippen LogP contribution in [0.25, 0.3) is 6.08 Å². The summed E-state index contributed by atoms with van der Waals surface area (Å²) in [5.41, 5.74) is 0.481. The van der Waals surface area contributed by atoms with Gasteiger partial charge in [-0.05, 0) is 35.5 Å². The fourth-order valence-electron chi connectivity index (χ4n) is 1.17. The van der Waals surface area contributed by atoms with Gasteiger partial charge in [0, 0.05) is 0 Å². The van der Waals surface area contributed by atoms with E-state index in [1.54, 1.807) is 6.07 Å². The normalized spacial score (nSPS) is 18.0. The van der Waals surface area contributed by atoms with Crippen LogP contribution in [0.2, 0.25) is 5.02 Å². The molecule has 1 aliphatic heterocycles. The standard InChI is InChI=1S/C10H5ClFNO2S/c11-6-2-1-5(3-7(6)12)4-8-9(14)13-10(15)16-8/h1-4H,(H,13,14,15)/b8-4-. The number of rotatable bonds is 1. The second kappa shape index (κ2) is 4.27. The maximum Gasteiger partial charge on any atom is 0.290 e. The molecule has 1 saturated heterocycles. The first kappa shape index (κ1) is 11.2. The van der Waals surface area contributed by atoms with Gasteiger partial charge in [0.25, 0.3) is 11.1 Å². The predicted octanol–water partition coefficient (Wildman–Crippen LogP) is 2.80. The van der Waals surface area contributed by atoms with Gasteiger partial charge >= 0.3 is 0 Å². The van der Waals surface area contributed by atoms with Crippen LogP contribution in [-0.2, 0) is 4.79 Å². The molecule has 1 aromatic carbocycles. The van der Waals surface area contributed by atoms with Crippen LogP contribution < -0.4 is 5.32 Å². The van der Waals surface area contributed by atoms with Crippen molar-refractivity contribution in [3.63, 3.8) is 0 Å². The molecule has 0 aliphatic carbocycles. The van der Waals surface area contributed by atoms with Crippen molar-refractivity contribution >= 4 is 40.6 Å². The minimum Gasteiger partial charge on any atom is -0.282 e. The molecule has 1 aromatic rings. The molecule has 2 rings (SSSR count). The Bertz CT molecular complexity index is 516. The molecule has 0 saturated carbocycles. The maximum absolute atomic E-state index is 13.1. The number of hydrogen-bond acceptors (Lipinski definition) is 3. The first-order chi connectivity index (χ1) is 7.56. The summed E-state index contributed by atoms with van der Waals surface area (Å²) in [6.07, 6.45) is 1.43. The molecule has 1 N–H and O–H groups in total. The van der Waals surface area contributed by atoms with E-state index >= 15 is 0 Å². The van der Waals surface area contributed by atoms with Crippen molar-refractivity contribution < 1.29 is 14.0 Å². The molecule has 6 heteroatoms. The zero-order valence-corrected chi connectivity index (χ0v) is 9.36. The topological polar surface area (TPSA) is 46.2 Å². The maximum atomic E-state index is 13.1. The molecule has 1 aliphatic rings. The van der Waals surface area contributed by atoms with E-state index in [0.29, 0.717) is 5.56 Å². The van der Waals surface area contributed by atoms with Crippen LogP contribution in [0.4, 0.5) is 9.18 Å². The highest BCUT2D eigenvalue weighted by Crippen LogP contribution is 2.26. The van der Waals surface area contributed by atoms with Gasteiger partial charge in [-0.25, -0.2) is 4.39 Å². The van der Waals surface area contributed by atoms with Gasteiger partial charge in [-0.2, -0.15) is 0 Å². The molecule has 82 valence electrons. The van der Waals surface area contributed by atoms with Gasteiger partial charge in [-0.15, -0.1) is 0 Å². The van der Waals surface area contributed by atoms with Crippen molar-refractivity contribution in [1.29, 1.82) is 0 Å². The SMILES string of the molecule is O=C1NC(=O)/C(=C/c2ccc(Cl)c(F)c2)S1. The number of carbonyl (C=O) groups excluding carboxylic acids is 2. The van der Waals surface area contributed by atoms with Gasteiger partial charge in [0.15, 0.2) is 0 Å².